The summed E-state index contributed by atoms with van der Waals surface area (Å²) in [4.78, 5) is 12.7. The summed E-state index contributed by atoms with van der Waals surface area (Å²) < 4.78 is 25.9. The van der Waals surface area contributed by atoms with Crippen LogP contribution in [0.4, 0.5) is 0 Å². The van der Waals surface area contributed by atoms with E-state index >= 15 is 0 Å². The topological polar surface area (TPSA) is 86.7 Å². The van der Waals surface area contributed by atoms with Crippen LogP contribution in [0.3, 0.4) is 0 Å². The van der Waals surface area contributed by atoms with Crippen molar-refractivity contribution in [2.75, 3.05) is 14.1 Å². The van der Waals surface area contributed by atoms with Gasteiger partial charge in [0, 0.05) is 13.1 Å². The van der Waals surface area contributed by atoms with E-state index in [2.05, 4.69) is 4.72 Å². The Labute approximate surface area is 119 Å². The second kappa shape index (κ2) is 6.83. The lowest BCUT2D eigenvalue weighted by Crippen LogP contribution is -2.37. The SMILES string of the molecule is CC(C(=O)O)S(=O)(=O)NCc1ccccc1CN(C)C. The molecule has 0 fully saturated rings. The highest BCUT2D eigenvalue weighted by Crippen LogP contribution is 2.11. The third kappa shape index (κ3) is 4.59. The van der Waals surface area contributed by atoms with Gasteiger partial charge in [-0.05, 0) is 32.1 Å². The molecule has 0 aromatic heterocycles. The van der Waals surface area contributed by atoms with Crippen molar-refractivity contribution in [2.24, 2.45) is 0 Å². The normalized spacial score (nSPS) is 13.4. The summed E-state index contributed by atoms with van der Waals surface area (Å²) in [6.45, 7) is 1.92. The number of carbonyl (C=O) groups is 1. The van der Waals surface area contributed by atoms with Crippen LogP contribution in [0, 0.1) is 0 Å². The molecule has 0 aliphatic rings. The van der Waals surface area contributed by atoms with Crippen LogP contribution in [0.15, 0.2) is 24.3 Å². The number of benzene rings is 1. The van der Waals surface area contributed by atoms with E-state index < -0.39 is 21.2 Å². The van der Waals surface area contributed by atoms with Crippen LogP contribution >= 0.6 is 0 Å². The molecule has 1 aromatic carbocycles. The van der Waals surface area contributed by atoms with Crippen LogP contribution < -0.4 is 4.72 Å². The Kier molecular flexibility index (Phi) is 5.67. The van der Waals surface area contributed by atoms with Crippen molar-refractivity contribution < 1.29 is 18.3 Å². The summed E-state index contributed by atoms with van der Waals surface area (Å²) in [5, 5.41) is 7.29. The molecule has 6 nitrogen and oxygen atoms in total. The fraction of sp³-hybridized carbons (Fsp3) is 0.462. The van der Waals surface area contributed by atoms with Gasteiger partial charge in [-0.2, -0.15) is 0 Å². The number of nitrogens with zero attached hydrogens (tertiary/aromatic N) is 1. The van der Waals surface area contributed by atoms with Gasteiger partial charge in [0.2, 0.25) is 10.0 Å². The molecule has 1 atom stereocenters. The van der Waals surface area contributed by atoms with Gasteiger partial charge >= 0.3 is 5.97 Å². The third-order valence-corrected chi connectivity index (χ3v) is 4.56. The van der Waals surface area contributed by atoms with Gasteiger partial charge in [-0.1, -0.05) is 24.3 Å². The third-order valence-electron chi connectivity index (χ3n) is 2.88. The molecule has 0 saturated carbocycles. The van der Waals surface area contributed by atoms with Crippen molar-refractivity contribution in [2.45, 2.75) is 25.3 Å². The Morgan fingerprint density at radius 3 is 2.35 bits per heavy atom. The highest BCUT2D eigenvalue weighted by Gasteiger charge is 2.27. The highest BCUT2D eigenvalue weighted by molar-refractivity contribution is 7.90. The zero-order valence-electron chi connectivity index (χ0n) is 11.8. The Balaban J connectivity index is 2.83. The van der Waals surface area contributed by atoms with E-state index in [9.17, 15) is 13.2 Å². The monoisotopic (exact) mass is 300 g/mol. The van der Waals surface area contributed by atoms with Gasteiger partial charge in [-0.25, -0.2) is 13.1 Å². The number of hydrogen-bond acceptors (Lipinski definition) is 4. The molecule has 1 unspecified atom stereocenters. The predicted octanol–water partition coefficient (Wildman–Crippen LogP) is 0.641. The molecule has 0 bridgehead atoms. The summed E-state index contributed by atoms with van der Waals surface area (Å²) in [5.41, 5.74) is 1.84. The molecule has 0 heterocycles. The minimum atomic E-state index is -3.87. The lowest BCUT2D eigenvalue weighted by Gasteiger charge is -2.15. The van der Waals surface area contributed by atoms with Crippen molar-refractivity contribution in [1.29, 1.82) is 0 Å². The smallest absolute Gasteiger partial charge is 0.323 e. The van der Waals surface area contributed by atoms with E-state index in [0.29, 0.717) is 6.54 Å². The first kappa shape index (κ1) is 16.6. The van der Waals surface area contributed by atoms with Gasteiger partial charge in [-0.15, -0.1) is 0 Å². The second-order valence-corrected chi connectivity index (χ2v) is 6.94. The maximum Gasteiger partial charge on any atom is 0.323 e. The van der Waals surface area contributed by atoms with Crippen molar-refractivity contribution in [1.82, 2.24) is 9.62 Å². The highest BCUT2D eigenvalue weighted by atomic mass is 32.2. The van der Waals surface area contributed by atoms with Crippen molar-refractivity contribution in [3.05, 3.63) is 35.4 Å². The first-order chi connectivity index (χ1) is 9.24. The predicted molar refractivity (Wildman–Crippen MR) is 76.7 cm³/mol. The fourth-order valence-corrected chi connectivity index (χ4v) is 2.53. The molecule has 1 rings (SSSR count). The number of aliphatic carboxylic acids is 1. The van der Waals surface area contributed by atoms with Gasteiger partial charge in [0.25, 0.3) is 0 Å². The van der Waals surface area contributed by atoms with Gasteiger partial charge in [0.05, 0.1) is 0 Å². The molecule has 0 aliphatic heterocycles. The van der Waals surface area contributed by atoms with Crippen LogP contribution in [0.2, 0.25) is 0 Å². The summed E-state index contributed by atoms with van der Waals surface area (Å²) in [6, 6.07) is 7.46. The maximum absolute atomic E-state index is 11.8. The first-order valence-corrected chi connectivity index (χ1v) is 7.71. The Morgan fingerprint density at radius 1 is 1.30 bits per heavy atom. The van der Waals surface area contributed by atoms with E-state index in [1.807, 2.05) is 43.3 Å². The molecule has 112 valence electrons. The number of sulfonamides is 1. The standard InChI is InChI=1S/C13H20N2O4S/c1-10(13(16)17)20(18,19)14-8-11-6-4-5-7-12(11)9-15(2)3/h4-7,10,14H,8-9H2,1-3H3,(H,16,17). The van der Waals surface area contributed by atoms with Crippen LogP contribution in [-0.2, 0) is 27.9 Å². The van der Waals surface area contributed by atoms with Gasteiger partial charge in [0.1, 0.15) is 0 Å². The van der Waals surface area contributed by atoms with Crippen LogP contribution in [0.5, 0.6) is 0 Å². The Morgan fingerprint density at radius 2 is 1.85 bits per heavy atom. The average molecular weight is 300 g/mol. The van der Waals surface area contributed by atoms with E-state index in [-0.39, 0.29) is 6.54 Å². The molecule has 7 heteroatoms. The van der Waals surface area contributed by atoms with Crippen LogP contribution in [0.25, 0.3) is 0 Å². The molecular weight excluding hydrogens is 280 g/mol. The molecule has 0 spiro atoms. The van der Waals surface area contributed by atoms with E-state index in [1.165, 1.54) is 0 Å². The largest absolute Gasteiger partial charge is 0.480 e. The number of rotatable bonds is 7. The van der Waals surface area contributed by atoms with E-state index in [4.69, 9.17) is 5.11 Å². The average Bonchev–Trinajstić information content (AvgIpc) is 2.36. The Hall–Kier alpha value is -1.44. The summed E-state index contributed by atoms with van der Waals surface area (Å²) in [6.07, 6.45) is 0. The maximum atomic E-state index is 11.8. The molecule has 1 aromatic rings. The molecule has 0 saturated heterocycles. The number of nitrogens with one attached hydrogen (secondary N) is 1. The molecule has 20 heavy (non-hydrogen) atoms. The molecule has 0 amide bonds. The van der Waals surface area contributed by atoms with Crippen LogP contribution in [0.1, 0.15) is 18.1 Å². The minimum absolute atomic E-state index is 0.0873. The lowest BCUT2D eigenvalue weighted by atomic mass is 10.1. The summed E-state index contributed by atoms with van der Waals surface area (Å²) in [5.74, 6) is -1.36. The lowest BCUT2D eigenvalue weighted by molar-refractivity contribution is -0.136. The molecule has 2 N–H and O–H groups in total. The minimum Gasteiger partial charge on any atom is -0.480 e. The van der Waals surface area contributed by atoms with Crippen LogP contribution in [-0.4, -0.2) is 43.7 Å². The van der Waals surface area contributed by atoms with Gasteiger partial charge in [0.15, 0.2) is 5.25 Å². The fourth-order valence-electron chi connectivity index (χ4n) is 1.66. The zero-order chi connectivity index (χ0) is 15.3. The Bertz CT molecular complexity index is 569. The summed E-state index contributed by atoms with van der Waals surface area (Å²) >= 11 is 0. The van der Waals surface area contributed by atoms with E-state index in [0.717, 1.165) is 18.1 Å². The number of carboxylic acids is 1. The zero-order valence-corrected chi connectivity index (χ0v) is 12.6. The van der Waals surface area contributed by atoms with Crippen molar-refractivity contribution >= 4 is 16.0 Å². The first-order valence-electron chi connectivity index (χ1n) is 6.17. The second-order valence-electron chi connectivity index (χ2n) is 4.85. The quantitative estimate of drug-likeness (QED) is 0.772. The number of hydrogen-bond donors (Lipinski definition) is 2. The van der Waals surface area contributed by atoms with E-state index in [1.54, 1.807) is 0 Å². The molecular formula is C13H20N2O4S. The van der Waals surface area contributed by atoms with Crippen molar-refractivity contribution in [3.63, 3.8) is 0 Å². The molecule has 0 radical (unpaired) electrons. The van der Waals surface area contributed by atoms with Gasteiger partial charge in [-0.3, -0.25) is 4.79 Å². The number of carboxylic acid groups (broad SMARTS) is 1. The van der Waals surface area contributed by atoms with Gasteiger partial charge < -0.3 is 10.0 Å². The summed E-state index contributed by atoms with van der Waals surface area (Å²) in [7, 11) is -0.0180. The molecule has 0 aliphatic carbocycles. The van der Waals surface area contributed by atoms with Crippen molar-refractivity contribution in [3.8, 4) is 0 Å².